The first-order valence-corrected chi connectivity index (χ1v) is 12.3. The highest BCUT2D eigenvalue weighted by Gasteiger charge is 2.40. The summed E-state index contributed by atoms with van der Waals surface area (Å²) in [7, 11) is -3.95. The topological polar surface area (TPSA) is 90.0 Å². The average Bonchev–Trinajstić information content (AvgIpc) is 2.81. The second-order valence-electron chi connectivity index (χ2n) is 7.78. The number of halogens is 1. The molecule has 2 amide bonds. The molecule has 0 bridgehead atoms. The number of carbonyl (C=O) groups excluding carboxylic acids is 2. The van der Waals surface area contributed by atoms with Crippen LogP contribution in [0, 0.1) is 0 Å². The van der Waals surface area contributed by atoms with E-state index in [4.69, 9.17) is 11.6 Å². The van der Waals surface area contributed by atoms with Gasteiger partial charge in [-0.15, -0.1) is 0 Å². The first-order chi connectivity index (χ1) is 15.4. The fraction of sp³-hybridized carbons (Fsp3) is 0.364. The van der Waals surface area contributed by atoms with Crippen LogP contribution >= 0.6 is 11.6 Å². The third-order valence-corrected chi connectivity index (χ3v) is 8.00. The minimum absolute atomic E-state index is 0.0468. The van der Waals surface area contributed by atoms with Gasteiger partial charge in [0.1, 0.15) is 6.04 Å². The predicted octanol–water partition coefficient (Wildman–Crippen LogP) is 1.57. The van der Waals surface area contributed by atoms with Gasteiger partial charge in [0.15, 0.2) is 0 Å². The molecule has 10 heteroatoms. The minimum Gasteiger partial charge on any atom is -0.368 e. The molecule has 1 atom stereocenters. The normalized spacial score (nSPS) is 20.2. The van der Waals surface area contributed by atoms with Crippen molar-refractivity contribution in [1.29, 1.82) is 0 Å². The Labute approximate surface area is 192 Å². The van der Waals surface area contributed by atoms with Crippen LogP contribution in [0.3, 0.4) is 0 Å². The fourth-order valence-electron chi connectivity index (χ4n) is 4.07. The lowest BCUT2D eigenvalue weighted by molar-refractivity contribution is -0.137. The molecule has 2 aromatic rings. The molecule has 2 aliphatic heterocycles. The van der Waals surface area contributed by atoms with Crippen LogP contribution in [0.25, 0.3) is 0 Å². The lowest BCUT2D eigenvalue weighted by Gasteiger charge is -2.38. The van der Waals surface area contributed by atoms with Crippen LogP contribution in [-0.2, 0) is 19.6 Å². The number of nitrogens with one attached hydrogen (secondary N) is 1. The van der Waals surface area contributed by atoms with Gasteiger partial charge < -0.3 is 15.1 Å². The Morgan fingerprint density at radius 1 is 0.969 bits per heavy atom. The van der Waals surface area contributed by atoms with E-state index in [9.17, 15) is 18.0 Å². The summed E-state index contributed by atoms with van der Waals surface area (Å²) in [5.41, 5.74) is 1.10. The summed E-state index contributed by atoms with van der Waals surface area (Å²) in [6.07, 6.45) is -0.190. The van der Waals surface area contributed by atoms with Gasteiger partial charge in [0.25, 0.3) is 0 Å². The summed E-state index contributed by atoms with van der Waals surface area (Å²) >= 11 is 5.88. The summed E-state index contributed by atoms with van der Waals surface area (Å²) in [6.45, 7) is 2.71. The molecule has 2 fully saturated rings. The van der Waals surface area contributed by atoms with Crippen LogP contribution in [0.15, 0.2) is 59.5 Å². The first kappa shape index (κ1) is 22.6. The quantitative estimate of drug-likeness (QED) is 0.707. The first-order valence-electron chi connectivity index (χ1n) is 10.5. The van der Waals surface area contributed by atoms with Crippen LogP contribution in [0.2, 0.25) is 5.02 Å². The van der Waals surface area contributed by atoms with E-state index >= 15 is 0 Å². The van der Waals surface area contributed by atoms with Gasteiger partial charge in [-0.25, -0.2) is 8.42 Å². The van der Waals surface area contributed by atoms with Gasteiger partial charge in [-0.3, -0.25) is 9.59 Å². The highest BCUT2D eigenvalue weighted by Crippen LogP contribution is 2.24. The van der Waals surface area contributed by atoms with Crippen molar-refractivity contribution in [3.05, 3.63) is 59.6 Å². The maximum absolute atomic E-state index is 13.2. The standard InChI is InChI=1S/C22H25ClN4O4S/c23-17-6-8-19(9-7-17)32(30,31)27-11-10-24-22(29)20(27)16-21(28)26-14-12-25(13-15-26)18-4-2-1-3-5-18/h1-9,20H,10-16H2,(H,24,29)/t20-/m1/s1. The number of anilines is 1. The van der Waals surface area contributed by atoms with Crippen molar-refractivity contribution in [1.82, 2.24) is 14.5 Å². The maximum atomic E-state index is 13.2. The van der Waals surface area contributed by atoms with E-state index in [-0.39, 0.29) is 30.3 Å². The van der Waals surface area contributed by atoms with Crippen LogP contribution in [-0.4, -0.2) is 74.7 Å². The highest BCUT2D eigenvalue weighted by atomic mass is 35.5. The molecule has 2 aromatic carbocycles. The lowest BCUT2D eigenvalue weighted by Crippen LogP contribution is -2.59. The van der Waals surface area contributed by atoms with Crippen LogP contribution < -0.4 is 10.2 Å². The van der Waals surface area contributed by atoms with Crippen molar-refractivity contribution in [2.45, 2.75) is 17.4 Å². The van der Waals surface area contributed by atoms with E-state index in [0.717, 1.165) is 9.99 Å². The molecule has 0 aliphatic carbocycles. The van der Waals surface area contributed by atoms with E-state index in [1.165, 1.54) is 24.3 Å². The summed E-state index contributed by atoms with van der Waals surface area (Å²) in [4.78, 5) is 29.5. The van der Waals surface area contributed by atoms with Crippen molar-refractivity contribution in [2.75, 3.05) is 44.2 Å². The highest BCUT2D eigenvalue weighted by molar-refractivity contribution is 7.89. The molecular formula is C22H25ClN4O4S. The Kier molecular flexibility index (Phi) is 6.68. The number of para-hydroxylation sites is 1. The summed E-state index contributed by atoms with van der Waals surface area (Å²) in [5, 5.41) is 3.10. The second kappa shape index (κ2) is 9.48. The third kappa shape index (κ3) is 4.74. The summed E-state index contributed by atoms with van der Waals surface area (Å²) in [5.74, 6) is -0.680. The molecule has 32 heavy (non-hydrogen) atoms. The Bertz CT molecular complexity index is 1070. The molecule has 2 saturated heterocycles. The van der Waals surface area contributed by atoms with Crippen molar-refractivity contribution in [2.24, 2.45) is 0 Å². The molecule has 4 rings (SSSR count). The van der Waals surface area contributed by atoms with Crippen molar-refractivity contribution < 1.29 is 18.0 Å². The molecule has 0 aromatic heterocycles. The maximum Gasteiger partial charge on any atom is 0.243 e. The monoisotopic (exact) mass is 476 g/mol. The van der Waals surface area contributed by atoms with E-state index in [0.29, 0.717) is 31.2 Å². The fourth-order valence-corrected chi connectivity index (χ4v) is 5.78. The molecule has 0 unspecified atom stereocenters. The van der Waals surface area contributed by atoms with Crippen LogP contribution in [0.1, 0.15) is 6.42 Å². The largest absolute Gasteiger partial charge is 0.368 e. The zero-order valence-corrected chi connectivity index (χ0v) is 19.1. The zero-order chi connectivity index (χ0) is 22.7. The van der Waals surface area contributed by atoms with Crippen molar-refractivity contribution in [3.63, 3.8) is 0 Å². The van der Waals surface area contributed by atoms with E-state index in [1.54, 1.807) is 4.90 Å². The molecule has 1 N–H and O–H groups in total. The molecule has 0 saturated carbocycles. The van der Waals surface area contributed by atoms with E-state index < -0.39 is 22.0 Å². The van der Waals surface area contributed by atoms with Crippen LogP contribution in [0.5, 0.6) is 0 Å². The van der Waals surface area contributed by atoms with Gasteiger partial charge in [0, 0.05) is 50.0 Å². The van der Waals surface area contributed by atoms with E-state index in [1.807, 2.05) is 30.3 Å². The van der Waals surface area contributed by atoms with Crippen molar-refractivity contribution in [3.8, 4) is 0 Å². The predicted molar refractivity (Wildman–Crippen MR) is 122 cm³/mol. The van der Waals surface area contributed by atoms with Crippen molar-refractivity contribution >= 4 is 39.1 Å². The lowest BCUT2D eigenvalue weighted by atomic mass is 10.1. The molecular weight excluding hydrogens is 452 g/mol. The average molecular weight is 477 g/mol. The van der Waals surface area contributed by atoms with Gasteiger partial charge in [-0.05, 0) is 36.4 Å². The van der Waals surface area contributed by atoms with Gasteiger partial charge in [-0.2, -0.15) is 4.31 Å². The number of benzene rings is 2. The van der Waals surface area contributed by atoms with E-state index in [2.05, 4.69) is 10.2 Å². The Hall–Kier alpha value is -2.62. The molecule has 8 nitrogen and oxygen atoms in total. The summed E-state index contributed by atoms with van der Waals surface area (Å²) in [6, 6.07) is 14.7. The number of hydrogen-bond donors (Lipinski definition) is 1. The minimum atomic E-state index is -3.95. The molecule has 2 aliphatic rings. The SMILES string of the molecule is O=C1NCCN(S(=O)(=O)c2ccc(Cl)cc2)[C@@H]1CC(=O)N1CCN(c2ccccc2)CC1. The van der Waals surface area contributed by atoms with Gasteiger partial charge in [-0.1, -0.05) is 29.8 Å². The number of rotatable bonds is 5. The number of carbonyl (C=O) groups is 2. The van der Waals surface area contributed by atoms with Gasteiger partial charge in [0.05, 0.1) is 11.3 Å². The number of sulfonamides is 1. The molecule has 0 spiro atoms. The van der Waals surface area contributed by atoms with Crippen LogP contribution in [0.4, 0.5) is 5.69 Å². The number of nitrogens with zero attached hydrogens (tertiary/aromatic N) is 3. The molecule has 170 valence electrons. The van der Waals surface area contributed by atoms with Gasteiger partial charge in [0.2, 0.25) is 21.8 Å². The molecule has 2 heterocycles. The number of piperazine rings is 2. The number of amides is 2. The number of hydrogen-bond acceptors (Lipinski definition) is 5. The van der Waals surface area contributed by atoms with Gasteiger partial charge >= 0.3 is 0 Å². The zero-order valence-electron chi connectivity index (χ0n) is 17.5. The Balaban J connectivity index is 1.45. The molecule has 0 radical (unpaired) electrons. The second-order valence-corrected chi connectivity index (χ2v) is 10.1. The Morgan fingerprint density at radius 2 is 1.62 bits per heavy atom. The third-order valence-electron chi connectivity index (χ3n) is 5.82. The smallest absolute Gasteiger partial charge is 0.243 e. The Morgan fingerprint density at radius 3 is 2.28 bits per heavy atom. The summed E-state index contributed by atoms with van der Waals surface area (Å²) < 4.78 is 27.5.